The number of non-ortho nitro benzene ring substituents is 1. The summed E-state index contributed by atoms with van der Waals surface area (Å²) in [6.07, 6.45) is -3.00. The monoisotopic (exact) mass is 240 g/mol. The normalized spacial score (nSPS) is 14.0. The summed E-state index contributed by atoms with van der Waals surface area (Å²) >= 11 is 0. The van der Waals surface area contributed by atoms with Crippen LogP contribution in [0, 0.1) is 10.1 Å². The first-order chi connectivity index (χ1) is 7.91. The third-order valence-electron chi connectivity index (χ3n) is 2.22. The smallest absolute Gasteiger partial charge is 0.269 e. The molecule has 0 aliphatic rings. The number of primary amides is 1. The summed E-state index contributed by atoms with van der Waals surface area (Å²) in [4.78, 5) is 20.4. The number of hydrogen-bond donors (Lipinski definition) is 3. The third-order valence-corrected chi connectivity index (χ3v) is 2.22. The van der Waals surface area contributed by atoms with Crippen LogP contribution in [0.3, 0.4) is 0 Å². The van der Waals surface area contributed by atoms with E-state index in [-0.39, 0.29) is 17.7 Å². The maximum atomic E-state index is 10.6. The minimum Gasteiger partial charge on any atom is -0.390 e. The van der Waals surface area contributed by atoms with E-state index in [0.717, 1.165) is 0 Å². The van der Waals surface area contributed by atoms with Crippen LogP contribution in [0.4, 0.5) is 5.69 Å². The molecule has 1 rings (SSSR count). The Balaban J connectivity index is 2.78. The fourth-order valence-electron chi connectivity index (χ4n) is 1.33. The summed E-state index contributed by atoms with van der Waals surface area (Å²) in [5.41, 5.74) is 5.04. The van der Waals surface area contributed by atoms with Crippen molar-refractivity contribution in [2.24, 2.45) is 5.73 Å². The highest BCUT2D eigenvalue weighted by Crippen LogP contribution is 2.21. The topological polar surface area (TPSA) is 127 Å². The average Bonchev–Trinajstić information content (AvgIpc) is 2.27. The Bertz CT molecular complexity index is 417. The van der Waals surface area contributed by atoms with Crippen LogP contribution in [0.5, 0.6) is 0 Å². The Morgan fingerprint density at radius 1 is 1.35 bits per heavy atom. The summed E-state index contributed by atoms with van der Waals surface area (Å²) in [7, 11) is 0. The highest BCUT2D eigenvalue weighted by atomic mass is 16.6. The highest BCUT2D eigenvalue weighted by Gasteiger charge is 2.20. The molecule has 0 aliphatic carbocycles. The van der Waals surface area contributed by atoms with Gasteiger partial charge in [-0.25, -0.2) is 0 Å². The quantitative estimate of drug-likeness (QED) is 0.487. The molecule has 0 radical (unpaired) electrons. The molecule has 0 bridgehead atoms. The van der Waals surface area contributed by atoms with Crippen molar-refractivity contribution >= 4 is 11.6 Å². The van der Waals surface area contributed by atoms with Gasteiger partial charge in [0.15, 0.2) is 0 Å². The molecule has 1 aromatic rings. The minimum atomic E-state index is -1.33. The summed E-state index contributed by atoms with van der Waals surface area (Å²) in [5.74, 6) is -0.738. The van der Waals surface area contributed by atoms with Gasteiger partial charge in [-0.1, -0.05) is 0 Å². The fraction of sp³-hybridized carbons (Fsp3) is 0.300. The van der Waals surface area contributed by atoms with Crippen molar-refractivity contribution in [3.8, 4) is 0 Å². The molecule has 1 aromatic carbocycles. The Morgan fingerprint density at radius 3 is 2.29 bits per heavy atom. The van der Waals surface area contributed by atoms with Gasteiger partial charge in [-0.3, -0.25) is 14.9 Å². The first kappa shape index (κ1) is 13.1. The predicted molar refractivity (Wildman–Crippen MR) is 57.9 cm³/mol. The standard InChI is InChI=1S/C10H12N2O5/c11-9(14)5-8(13)10(15)6-1-3-7(4-2-6)12(16)17/h1-4,8,10,13,15H,5H2,(H2,11,14). The maximum absolute atomic E-state index is 10.6. The van der Waals surface area contributed by atoms with Crippen molar-refractivity contribution in [3.05, 3.63) is 39.9 Å². The number of aliphatic hydroxyl groups excluding tert-OH is 2. The number of carbonyl (C=O) groups excluding carboxylic acids is 1. The zero-order valence-corrected chi connectivity index (χ0v) is 8.81. The van der Waals surface area contributed by atoms with Crippen LogP contribution < -0.4 is 5.73 Å². The first-order valence-electron chi connectivity index (χ1n) is 4.80. The lowest BCUT2D eigenvalue weighted by Gasteiger charge is -2.16. The molecular formula is C10H12N2O5. The fourth-order valence-corrected chi connectivity index (χ4v) is 1.33. The van der Waals surface area contributed by atoms with Gasteiger partial charge in [0.25, 0.3) is 5.69 Å². The molecule has 0 saturated heterocycles. The van der Waals surface area contributed by atoms with Crippen molar-refractivity contribution in [1.29, 1.82) is 0 Å². The van der Waals surface area contributed by atoms with Gasteiger partial charge in [0.05, 0.1) is 17.4 Å². The molecule has 2 atom stereocenters. The van der Waals surface area contributed by atoms with E-state index in [1.807, 2.05) is 0 Å². The van der Waals surface area contributed by atoms with Gasteiger partial charge in [0.1, 0.15) is 6.10 Å². The Hall–Kier alpha value is -1.99. The van der Waals surface area contributed by atoms with E-state index in [0.29, 0.717) is 0 Å². The largest absolute Gasteiger partial charge is 0.390 e. The first-order valence-corrected chi connectivity index (χ1v) is 4.80. The molecule has 17 heavy (non-hydrogen) atoms. The van der Waals surface area contributed by atoms with E-state index in [1.165, 1.54) is 24.3 Å². The van der Waals surface area contributed by atoms with Crippen LogP contribution >= 0.6 is 0 Å². The molecule has 0 fully saturated rings. The Morgan fingerprint density at radius 2 is 1.88 bits per heavy atom. The summed E-state index contributed by atoms with van der Waals surface area (Å²) in [6, 6.07) is 5.03. The number of nitro benzene ring substituents is 1. The van der Waals surface area contributed by atoms with Gasteiger partial charge >= 0.3 is 0 Å². The van der Waals surface area contributed by atoms with E-state index in [1.54, 1.807) is 0 Å². The lowest BCUT2D eigenvalue weighted by atomic mass is 10.0. The van der Waals surface area contributed by atoms with Crippen LogP contribution in [0.2, 0.25) is 0 Å². The second kappa shape index (κ2) is 5.37. The predicted octanol–water partition coefficient (Wildman–Crippen LogP) is -0.136. The van der Waals surface area contributed by atoms with Crippen molar-refractivity contribution in [3.63, 3.8) is 0 Å². The lowest BCUT2D eigenvalue weighted by molar-refractivity contribution is -0.384. The van der Waals surface area contributed by atoms with Gasteiger partial charge in [-0.05, 0) is 17.7 Å². The van der Waals surface area contributed by atoms with Gasteiger partial charge in [-0.2, -0.15) is 0 Å². The second-order valence-corrected chi connectivity index (χ2v) is 3.53. The van der Waals surface area contributed by atoms with Crippen LogP contribution in [0.25, 0.3) is 0 Å². The number of nitrogens with two attached hydrogens (primary N) is 1. The van der Waals surface area contributed by atoms with Crippen LogP contribution in [-0.2, 0) is 4.79 Å². The van der Waals surface area contributed by atoms with Crippen molar-refractivity contribution in [2.45, 2.75) is 18.6 Å². The molecule has 0 aromatic heterocycles. The molecule has 92 valence electrons. The van der Waals surface area contributed by atoms with Gasteiger partial charge in [0.2, 0.25) is 5.91 Å². The summed E-state index contributed by atoms with van der Waals surface area (Å²) in [5, 5.41) is 29.5. The molecule has 0 spiro atoms. The molecular weight excluding hydrogens is 228 g/mol. The number of carbonyl (C=O) groups is 1. The summed E-state index contributed by atoms with van der Waals surface area (Å²) in [6.45, 7) is 0. The third kappa shape index (κ3) is 3.51. The van der Waals surface area contributed by atoms with E-state index in [9.17, 15) is 25.1 Å². The number of hydrogen-bond acceptors (Lipinski definition) is 5. The SMILES string of the molecule is NC(=O)CC(O)C(O)c1ccc([N+](=O)[O-])cc1. The number of amides is 1. The molecule has 0 aliphatic heterocycles. The lowest BCUT2D eigenvalue weighted by Crippen LogP contribution is -2.25. The number of nitrogens with zero attached hydrogens (tertiary/aromatic N) is 1. The number of benzene rings is 1. The number of aliphatic hydroxyl groups is 2. The van der Waals surface area contributed by atoms with Crippen molar-refractivity contribution in [1.82, 2.24) is 0 Å². The second-order valence-electron chi connectivity index (χ2n) is 3.53. The van der Waals surface area contributed by atoms with Crippen LogP contribution in [-0.4, -0.2) is 27.1 Å². The highest BCUT2D eigenvalue weighted by molar-refractivity contribution is 5.74. The van der Waals surface area contributed by atoms with E-state index in [4.69, 9.17) is 5.73 Å². The molecule has 2 unspecified atom stereocenters. The van der Waals surface area contributed by atoms with E-state index >= 15 is 0 Å². The number of rotatable bonds is 5. The van der Waals surface area contributed by atoms with E-state index in [2.05, 4.69) is 0 Å². The molecule has 7 nitrogen and oxygen atoms in total. The molecule has 4 N–H and O–H groups in total. The Kier molecular flexibility index (Phi) is 4.13. The molecule has 0 saturated carbocycles. The maximum Gasteiger partial charge on any atom is 0.269 e. The van der Waals surface area contributed by atoms with Crippen LogP contribution in [0.15, 0.2) is 24.3 Å². The van der Waals surface area contributed by atoms with Crippen molar-refractivity contribution in [2.75, 3.05) is 0 Å². The number of nitro groups is 1. The minimum absolute atomic E-state index is 0.120. The zero-order chi connectivity index (χ0) is 13.0. The van der Waals surface area contributed by atoms with Gasteiger partial charge in [-0.15, -0.1) is 0 Å². The van der Waals surface area contributed by atoms with E-state index < -0.39 is 23.0 Å². The van der Waals surface area contributed by atoms with Crippen molar-refractivity contribution < 1.29 is 19.9 Å². The average molecular weight is 240 g/mol. The van der Waals surface area contributed by atoms with Crippen LogP contribution in [0.1, 0.15) is 18.1 Å². The molecule has 0 heterocycles. The zero-order valence-electron chi connectivity index (χ0n) is 8.81. The Labute approximate surface area is 96.6 Å². The van der Waals surface area contributed by atoms with Gasteiger partial charge < -0.3 is 15.9 Å². The molecule has 1 amide bonds. The van der Waals surface area contributed by atoms with Gasteiger partial charge in [0, 0.05) is 12.1 Å². The molecule has 7 heteroatoms. The summed E-state index contributed by atoms with van der Waals surface area (Å²) < 4.78 is 0.